The van der Waals surface area contributed by atoms with Gasteiger partial charge < -0.3 is 10.2 Å². The molecule has 1 rings (SSSR count). The third kappa shape index (κ3) is 4.50. The number of nitrogens with one attached hydrogen (secondary N) is 1. The monoisotopic (exact) mass is 282 g/mol. The maximum Gasteiger partial charge on any atom is 0.245 e. The zero-order valence-electron chi connectivity index (χ0n) is 13.7. The van der Waals surface area contributed by atoms with Crippen LogP contribution in [0.15, 0.2) is 0 Å². The van der Waals surface area contributed by atoms with Gasteiger partial charge in [-0.25, -0.2) is 0 Å². The van der Waals surface area contributed by atoms with Crippen LogP contribution in [0, 0.1) is 5.41 Å². The van der Waals surface area contributed by atoms with Gasteiger partial charge in [0.1, 0.15) is 6.04 Å². The highest BCUT2D eigenvalue weighted by molar-refractivity contribution is 5.90. The number of hydrogen-bond donors (Lipinski definition) is 1. The van der Waals surface area contributed by atoms with Gasteiger partial charge in [-0.05, 0) is 18.8 Å². The van der Waals surface area contributed by atoms with Gasteiger partial charge in [0.25, 0.3) is 0 Å². The largest absolute Gasteiger partial charge is 0.344 e. The highest BCUT2D eigenvalue weighted by Crippen LogP contribution is 2.24. The number of hydrogen-bond acceptors (Lipinski definition) is 2. The molecule has 0 spiro atoms. The molecule has 116 valence electrons. The summed E-state index contributed by atoms with van der Waals surface area (Å²) >= 11 is 0. The van der Waals surface area contributed by atoms with Crippen LogP contribution < -0.4 is 5.32 Å². The summed E-state index contributed by atoms with van der Waals surface area (Å²) in [6.45, 7) is 10.8. The van der Waals surface area contributed by atoms with E-state index in [9.17, 15) is 9.59 Å². The summed E-state index contributed by atoms with van der Waals surface area (Å²) in [5.74, 6) is 0.0638. The molecule has 2 amide bonds. The van der Waals surface area contributed by atoms with Crippen molar-refractivity contribution in [3.05, 3.63) is 0 Å². The van der Waals surface area contributed by atoms with Crippen molar-refractivity contribution in [2.45, 2.75) is 78.8 Å². The molecule has 0 saturated carbocycles. The number of amides is 2. The van der Waals surface area contributed by atoms with E-state index in [0.717, 1.165) is 12.8 Å². The summed E-state index contributed by atoms with van der Waals surface area (Å²) in [7, 11) is 0. The van der Waals surface area contributed by atoms with E-state index in [1.165, 1.54) is 12.8 Å². The van der Waals surface area contributed by atoms with Crippen molar-refractivity contribution in [1.82, 2.24) is 10.2 Å². The Morgan fingerprint density at radius 2 is 1.95 bits per heavy atom. The van der Waals surface area contributed by atoms with Crippen LogP contribution in [0.25, 0.3) is 0 Å². The smallest absolute Gasteiger partial charge is 0.245 e. The third-order valence-corrected chi connectivity index (χ3v) is 4.04. The standard InChI is InChI=1S/C16H30N2O2/c1-6-7-8-9-12(2)18-11-10-13(19)17-14(15(18)20)16(3,4)5/h12,14H,6-11H2,1-5H3,(H,17,19). The lowest BCUT2D eigenvalue weighted by Gasteiger charge is -2.35. The van der Waals surface area contributed by atoms with E-state index in [1.54, 1.807) is 0 Å². The molecule has 0 bridgehead atoms. The van der Waals surface area contributed by atoms with Crippen LogP contribution >= 0.6 is 0 Å². The van der Waals surface area contributed by atoms with E-state index in [-0.39, 0.29) is 23.3 Å². The van der Waals surface area contributed by atoms with Crippen molar-refractivity contribution in [3.8, 4) is 0 Å². The second-order valence-corrected chi connectivity index (χ2v) is 6.99. The Kier molecular flexibility index (Phi) is 6.03. The maximum atomic E-state index is 12.7. The van der Waals surface area contributed by atoms with E-state index in [1.807, 2.05) is 25.7 Å². The molecule has 2 atom stereocenters. The number of unbranched alkanes of at least 4 members (excludes halogenated alkanes) is 2. The van der Waals surface area contributed by atoms with Crippen LogP contribution in [0.5, 0.6) is 0 Å². The van der Waals surface area contributed by atoms with Gasteiger partial charge in [0.05, 0.1) is 0 Å². The average molecular weight is 282 g/mol. The fraction of sp³-hybridized carbons (Fsp3) is 0.875. The molecule has 1 fully saturated rings. The Labute approximate surface area is 123 Å². The zero-order valence-corrected chi connectivity index (χ0v) is 13.7. The Hall–Kier alpha value is -1.06. The van der Waals surface area contributed by atoms with Crippen molar-refractivity contribution < 1.29 is 9.59 Å². The molecule has 0 radical (unpaired) electrons. The molecule has 2 unspecified atom stereocenters. The zero-order chi connectivity index (χ0) is 15.3. The van der Waals surface area contributed by atoms with Gasteiger partial charge >= 0.3 is 0 Å². The SMILES string of the molecule is CCCCCC(C)N1CCC(=O)NC(C(C)(C)C)C1=O. The van der Waals surface area contributed by atoms with Gasteiger partial charge in [0, 0.05) is 19.0 Å². The minimum absolute atomic E-state index is 0.0125. The lowest BCUT2D eigenvalue weighted by molar-refractivity contribution is -0.138. The molecular weight excluding hydrogens is 252 g/mol. The predicted octanol–water partition coefficient (Wildman–Crippen LogP) is 2.72. The molecule has 1 saturated heterocycles. The maximum absolute atomic E-state index is 12.7. The molecule has 4 nitrogen and oxygen atoms in total. The summed E-state index contributed by atoms with van der Waals surface area (Å²) in [6.07, 6.45) is 4.96. The Morgan fingerprint density at radius 1 is 1.30 bits per heavy atom. The topological polar surface area (TPSA) is 49.4 Å². The van der Waals surface area contributed by atoms with Crippen LogP contribution in [0.1, 0.15) is 66.7 Å². The van der Waals surface area contributed by atoms with Crippen LogP contribution in [-0.4, -0.2) is 35.3 Å². The first kappa shape index (κ1) is 17.0. The van der Waals surface area contributed by atoms with Crippen molar-refractivity contribution in [1.29, 1.82) is 0 Å². The quantitative estimate of drug-likeness (QED) is 0.788. The van der Waals surface area contributed by atoms with Crippen LogP contribution in [0.2, 0.25) is 0 Å². The lowest BCUT2D eigenvalue weighted by Crippen LogP contribution is -2.53. The van der Waals surface area contributed by atoms with Crippen LogP contribution in [0.3, 0.4) is 0 Å². The molecule has 1 N–H and O–H groups in total. The molecule has 0 aliphatic carbocycles. The number of carbonyl (C=O) groups excluding carboxylic acids is 2. The molecule has 1 aliphatic rings. The second kappa shape index (κ2) is 7.09. The summed E-state index contributed by atoms with van der Waals surface area (Å²) in [4.78, 5) is 26.5. The highest BCUT2D eigenvalue weighted by Gasteiger charge is 2.38. The number of nitrogens with zero attached hydrogens (tertiary/aromatic N) is 1. The summed E-state index contributed by atoms with van der Waals surface area (Å²) in [6, 6.07) is -0.197. The minimum atomic E-state index is -0.411. The van der Waals surface area contributed by atoms with Crippen LogP contribution in [-0.2, 0) is 9.59 Å². The van der Waals surface area contributed by atoms with Gasteiger partial charge in [-0.15, -0.1) is 0 Å². The number of carbonyl (C=O) groups is 2. The number of rotatable bonds is 5. The highest BCUT2D eigenvalue weighted by atomic mass is 16.2. The first-order chi connectivity index (χ1) is 9.27. The van der Waals surface area contributed by atoms with E-state index in [0.29, 0.717) is 13.0 Å². The van der Waals surface area contributed by atoms with Crippen molar-refractivity contribution in [3.63, 3.8) is 0 Å². The molecule has 1 heterocycles. The van der Waals surface area contributed by atoms with E-state index < -0.39 is 6.04 Å². The third-order valence-electron chi connectivity index (χ3n) is 4.04. The van der Waals surface area contributed by atoms with Gasteiger partial charge in [0.2, 0.25) is 11.8 Å². The van der Waals surface area contributed by atoms with Gasteiger partial charge in [-0.3, -0.25) is 9.59 Å². The fourth-order valence-electron chi connectivity index (χ4n) is 2.66. The van der Waals surface area contributed by atoms with Gasteiger partial charge in [0.15, 0.2) is 0 Å². The van der Waals surface area contributed by atoms with Crippen molar-refractivity contribution in [2.24, 2.45) is 5.41 Å². The summed E-state index contributed by atoms with van der Waals surface area (Å²) in [5, 5.41) is 2.89. The molecule has 20 heavy (non-hydrogen) atoms. The first-order valence-electron chi connectivity index (χ1n) is 7.87. The second-order valence-electron chi connectivity index (χ2n) is 6.99. The van der Waals surface area contributed by atoms with E-state index in [2.05, 4.69) is 19.2 Å². The Balaban J connectivity index is 2.79. The molecule has 4 heteroatoms. The minimum Gasteiger partial charge on any atom is -0.344 e. The van der Waals surface area contributed by atoms with Crippen LogP contribution in [0.4, 0.5) is 0 Å². The molecular formula is C16H30N2O2. The Bertz CT molecular complexity index is 347. The van der Waals surface area contributed by atoms with Crippen molar-refractivity contribution in [2.75, 3.05) is 6.54 Å². The van der Waals surface area contributed by atoms with E-state index >= 15 is 0 Å². The lowest BCUT2D eigenvalue weighted by atomic mass is 9.85. The summed E-state index contributed by atoms with van der Waals surface area (Å²) < 4.78 is 0. The van der Waals surface area contributed by atoms with E-state index in [4.69, 9.17) is 0 Å². The predicted molar refractivity (Wildman–Crippen MR) is 81.3 cm³/mol. The normalized spacial score (nSPS) is 22.4. The van der Waals surface area contributed by atoms with Gasteiger partial charge in [-0.1, -0.05) is 47.0 Å². The molecule has 0 aromatic carbocycles. The Morgan fingerprint density at radius 3 is 2.50 bits per heavy atom. The summed E-state index contributed by atoms with van der Waals surface area (Å²) in [5.41, 5.74) is -0.252. The first-order valence-corrected chi connectivity index (χ1v) is 7.87. The fourth-order valence-corrected chi connectivity index (χ4v) is 2.66. The van der Waals surface area contributed by atoms with Gasteiger partial charge in [-0.2, -0.15) is 0 Å². The molecule has 1 aliphatic heterocycles. The average Bonchev–Trinajstić information content (AvgIpc) is 2.49. The molecule has 0 aromatic heterocycles. The van der Waals surface area contributed by atoms with Crippen molar-refractivity contribution >= 4 is 11.8 Å². The molecule has 0 aromatic rings.